The molecule has 2 aliphatic rings. The summed E-state index contributed by atoms with van der Waals surface area (Å²) < 4.78 is 44.5. The van der Waals surface area contributed by atoms with Crippen molar-refractivity contribution in [2.24, 2.45) is 10.1 Å². The number of hydrazone groups is 1. The number of amidine groups is 2. The molecule has 0 fully saturated rings. The van der Waals surface area contributed by atoms with Gasteiger partial charge in [-0.1, -0.05) is 60.8 Å². The van der Waals surface area contributed by atoms with Gasteiger partial charge in [-0.25, -0.2) is 9.99 Å². The van der Waals surface area contributed by atoms with Crippen LogP contribution in [-0.2, 0) is 22.6 Å². The van der Waals surface area contributed by atoms with Crippen LogP contribution in [0.15, 0.2) is 112 Å². The highest BCUT2D eigenvalue weighted by Gasteiger charge is 2.33. The van der Waals surface area contributed by atoms with E-state index in [1.807, 2.05) is 60.5 Å². The first kappa shape index (κ1) is 43.8. The summed E-state index contributed by atoms with van der Waals surface area (Å²) in [5.74, 6) is 1.09. The molecule has 2 aromatic heterocycles. The third kappa shape index (κ3) is 11.5. The number of likely N-dealkylation sites (N-methyl/N-ethyl adjacent to an activating group) is 1. The topological polar surface area (TPSA) is 145 Å². The Bertz CT molecular complexity index is 2230. The van der Waals surface area contributed by atoms with Crippen LogP contribution < -0.4 is 15.4 Å². The number of nitrogens with zero attached hydrogens (tertiary/aromatic N) is 9. The number of dihydropyridines is 1. The molecule has 0 bridgehead atoms. The number of amides is 2. The van der Waals surface area contributed by atoms with Gasteiger partial charge in [-0.15, -0.1) is 28.5 Å². The Morgan fingerprint density at radius 3 is 2.15 bits per heavy atom. The third-order valence-electron chi connectivity index (χ3n) is 9.31. The molecule has 0 unspecified atom stereocenters. The van der Waals surface area contributed by atoms with Gasteiger partial charge in [-0.3, -0.25) is 14.6 Å². The number of pyridine rings is 1. The van der Waals surface area contributed by atoms with Crippen LogP contribution in [0.2, 0.25) is 0 Å². The van der Waals surface area contributed by atoms with E-state index in [4.69, 9.17) is 10.1 Å². The molecule has 60 heavy (non-hydrogen) atoms. The standard InChI is InChI=1S/C41H46F3N11O3S2/c1-5-28-14-18-32(19-15-28)48-35(57)27-60-40-51-55(38(53(40)8-4)30-16-20-33(45-25-30)52(6-2)7-3)23-22-54-37(29-17-21-36(46-24-29)58-41(42,43)44)49-50-39(54)59-26-34(56)47-31-12-10-9-11-13-31/h9-21,24H,5-8,22-23,25-27H2,1-4H3,(H,47,56)(H,48,57). The molecule has 0 aliphatic carbocycles. The number of aryl methyl sites for hydroxylation is 1. The van der Waals surface area contributed by atoms with Crippen LogP contribution in [-0.4, -0.2) is 108 Å². The second-order valence-corrected chi connectivity index (χ2v) is 15.1. The quantitative estimate of drug-likeness (QED) is 0.109. The smallest absolute Gasteiger partial charge is 0.388 e. The zero-order valence-electron chi connectivity index (χ0n) is 33.6. The first-order valence-corrected chi connectivity index (χ1v) is 21.4. The molecular formula is C41H46F3N11O3S2. The molecule has 2 N–H and O–H groups in total. The van der Waals surface area contributed by atoms with Gasteiger partial charge >= 0.3 is 6.36 Å². The molecule has 2 amide bonds. The van der Waals surface area contributed by atoms with E-state index in [0.29, 0.717) is 46.2 Å². The maximum absolute atomic E-state index is 13.2. The van der Waals surface area contributed by atoms with E-state index < -0.39 is 12.2 Å². The molecule has 0 saturated carbocycles. The van der Waals surface area contributed by atoms with E-state index in [-0.39, 0.29) is 36.4 Å². The van der Waals surface area contributed by atoms with Crippen molar-refractivity contribution < 1.29 is 27.5 Å². The number of anilines is 2. The Morgan fingerprint density at radius 1 is 0.850 bits per heavy atom. The maximum Gasteiger partial charge on any atom is 0.574 e. The van der Waals surface area contributed by atoms with Crippen molar-refractivity contribution in [2.45, 2.75) is 52.2 Å². The molecule has 2 aliphatic heterocycles. The van der Waals surface area contributed by atoms with Crippen molar-refractivity contribution in [1.29, 1.82) is 0 Å². The van der Waals surface area contributed by atoms with E-state index >= 15 is 0 Å². The Labute approximate surface area is 355 Å². The second-order valence-electron chi connectivity index (χ2n) is 13.3. The average Bonchev–Trinajstić information content (AvgIpc) is 3.82. The Hall–Kier alpha value is -5.82. The molecule has 14 nitrogen and oxygen atoms in total. The molecule has 19 heteroatoms. The minimum Gasteiger partial charge on any atom is -0.388 e. The SMILES string of the molecule is CCc1ccc(NC(=O)CSC2=NN(CCn3c(SCC(=O)Nc4ccccc4)nnc3-c3ccc(OC(F)(F)F)nc3)C(=C3C=CC(N(CC)CC)=NC3)N2CC)cc1. The lowest BCUT2D eigenvalue weighted by molar-refractivity contribution is -0.276. The van der Waals surface area contributed by atoms with Crippen LogP contribution in [0.25, 0.3) is 11.4 Å². The Balaban J connectivity index is 1.28. The number of hydrogen-bond acceptors (Lipinski definition) is 13. The molecule has 6 rings (SSSR count). The lowest BCUT2D eigenvalue weighted by Crippen LogP contribution is -2.33. The largest absolute Gasteiger partial charge is 0.574 e. The summed E-state index contributed by atoms with van der Waals surface area (Å²) in [7, 11) is 0. The number of benzene rings is 2. The van der Waals surface area contributed by atoms with Gasteiger partial charge in [0.15, 0.2) is 16.1 Å². The summed E-state index contributed by atoms with van der Waals surface area (Å²) in [6.07, 6.45) is 1.28. The summed E-state index contributed by atoms with van der Waals surface area (Å²) in [5.41, 5.74) is 3.85. The minimum absolute atomic E-state index is 0.00763. The van der Waals surface area contributed by atoms with Crippen molar-refractivity contribution >= 4 is 57.7 Å². The van der Waals surface area contributed by atoms with Crippen LogP contribution >= 0.6 is 23.5 Å². The normalized spacial score (nSPS) is 15.2. The van der Waals surface area contributed by atoms with Crippen molar-refractivity contribution in [3.63, 3.8) is 0 Å². The van der Waals surface area contributed by atoms with Gasteiger partial charge in [0, 0.05) is 61.0 Å². The zero-order chi connectivity index (χ0) is 42.6. The zero-order valence-corrected chi connectivity index (χ0v) is 35.3. The third-order valence-corrected chi connectivity index (χ3v) is 11.2. The number of hydrogen-bond donors (Lipinski definition) is 2. The maximum atomic E-state index is 13.2. The number of rotatable bonds is 16. The monoisotopic (exact) mass is 861 g/mol. The van der Waals surface area contributed by atoms with Crippen LogP contribution in [0.4, 0.5) is 24.5 Å². The number of thioether (sulfide) groups is 2. The fourth-order valence-electron chi connectivity index (χ4n) is 6.36. The second kappa shape index (κ2) is 20.4. The number of para-hydroxylation sites is 1. The number of alkyl halides is 3. The first-order chi connectivity index (χ1) is 29.0. The summed E-state index contributed by atoms with van der Waals surface area (Å²) in [6, 6.07) is 19.3. The van der Waals surface area contributed by atoms with E-state index in [1.165, 1.54) is 29.6 Å². The highest BCUT2D eigenvalue weighted by atomic mass is 32.2. The number of halogens is 3. The Morgan fingerprint density at radius 2 is 1.55 bits per heavy atom. The van der Waals surface area contributed by atoms with Crippen molar-refractivity contribution in [3.05, 3.63) is 102 Å². The van der Waals surface area contributed by atoms with Crippen LogP contribution in [0.3, 0.4) is 0 Å². The first-order valence-electron chi connectivity index (χ1n) is 19.5. The molecular weight excluding hydrogens is 816 g/mol. The molecule has 2 aromatic carbocycles. The number of carbonyl (C=O) groups excluding carboxylic acids is 2. The molecule has 316 valence electrons. The van der Waals surface area contributed by atoms with Gasteiger partial charge in [-0.05, 0) is 75.2 Å². The fourth-order valence-corrected chi connectivity index (χ4v) is 7.99. The van der Waals surface area contributed by atoms with E-state index in [1.54, 1.807) is 16.7 Å². The van der Waals surface area contributed by atoms with E-state index in [9.17, 15) is 22.8 Å². The number of nitrogens with one attached hydrogen (secondary N) is 2. The summed E-state index contributed by atoms with van der Waals surface area (Å²) in [5, 5.41) is 22.5. The Kier molecular flexibility index (Phi) is 14.9. The molecule has 4 aromatic rings. The van der Waals surface area contributed by atoms with Gasteiger partial charge in [0.1, 0.15) is 11.7 Å². The summed E-state index contributed by atoms with van der Waals surface area (Å²) in [6.45, 7) is 11.4. The van der Waals surface area contributed by atoms with Gasteiger partial charge in [-0.2, -0.15) is 0 Å². The highest BCUT2D eigenvalue weighted by Crippen LogP contribution is 2.32. The number of ether oxygens (including phenoxy) is 1. The summed E-state index contributed by atoms with van der Waals surface area (Å²) >= 11 is 2.48. The van der Waals surface area contributed by atoms with Crippen LogP contribution in [0, 0.1) is 0 Å². The van der Waals surface area contributed by atoms with Gasteiger partial charge in [0.25, 0.3) is 0 Å². The molecule has 0 spiro atoms. The van der Waals surface area contributed by atoms with Gasteiger partial charge < -0.3 is 29.7 Å². The minimum atomic E-state index is -4.90. The lowest BCUT2D eigenvalue weighted by atomic mass is 10.1. The van der Waals surface area contributed by atoms with Crippen molar-refractivity contribution in [3.8, 4) is 17.3 Å². The summed E-state index contributed by atoms with van der Waals surface area (Å²) in [4.78, 5) is 39.1. The van der Waals surface area contributed by atoms with Crippen LogP contribution in [0.5, 0.6) is 5.88 Å². The van der Waals surface area contributed by atoms with Crippen LogP contribution in [0.1, 0.15) is 33.3 Å². The van der Waals surface area contributed by atoms with E-state index in [0.717, 1.165) is 54.6 Å². The average molecular weight is 862 g/mol. The molecule has 0 saturated heterocycles. The van der Waals surface area contributed by atoms with Gasteiger partial charge in [0.2, 0.25) is 17.7 Å². The molecule has 0 radical (unpaired) electrons. The van der Waals surface area contributed by atoms with Crippen molar-refractivity contribution in [1.82, 2.24) is 34.6 Å². The van der Waals surface area contributed by atoms with E-state index in [2.05, 4.69) is 67.2 Å². The fraction of sp³-hybridized carbons (Fsp3) is 0.341. The highest BCUT2D eigenvalue weighted by molar-refractivity contribution is 8.14. The van der Waals surface area contributed by atoms with Gasteiger partial charge in [0.05, 0.1) is 24.6 Å². The molecule has 0 atom stereocenters. The predicted octanol–water partition coefficient (Wildman–Crippen LogP) is 7.33. The number of carbonyl (C=O) groups is 2. The number of aliphatic imine (C=N–C) groups is 1. The predicted molar refractivity (Wildman–Crippen MR) is 231 cm³/mol. The molecule has 4 heterocycles. The van der Waals surface area contributed by atoms with Crippen molar-refractivity contribution in [2.75, 3.05) is 54.9 Å². The number of aromatic nitrogens is 4. The lowest BCUT2D eigenvalue weighted by Gasteiger charge is -2.28.